The molecule has 202 valence electrons. The minimum atomic E-state index is -1.13. The number of aliphatic carboxylic acids is 1. The number of rotatable bonds is 2. The summed E-state index contributed by atoms with van der Waals surface area (Å²) in [6.07, 6.45) is 6.66. The second-order valence-electron chi connectivity index (χ2n) is 14.6. The van der Waals surface area contributed by atoms with Crippen LogP contribution < -0.4 is 0 Å². The molecule has 6 nitrogen and oxygen atoms in total. The third kappa shape index (κ3) is 2.85. The molecular formula is C30H46O6. The van der Waals surface area contributed by atoms with Gasteiger partial charge in [0.25, 0.3) is 0 Å². The second-order valence-corrected chi connectivity index (χ2v) is 14.6. The molecule has 0 aromatic heterocycles. The van der Waals surface area contributed by atoms with Crippen molar-refractivity contribution >= 4 is 12.3 Å². The van der Waals surface area contributed by atoms with Crippen molar-refractivity contribution in [1.82, 2.24) is 0 Å². The number of aliphatic hydroxyl groups is 3. The van der Waals surface area contributed by atoms with Crippen molar-refractivity contribution in [2.24, 2.45) is 50.7 Å². The number of aldehydes is 1. The molecule has 0 aromatic carbocycles. The van der Waals surface area contributed by atoms with E-state index in [0.29, 0.717) is 38.5 Å². The molecule has 5 aliphatic carbocycles. The molecule has 4 saturated carbocycles. The Morgan fingerprint density at radius 1 is 1.03 bits per heavy atom. The number of aliphatic hydroxyl groups excluding tert-OH is 2. The first-order valence-corrected chi connectivity index (χ1v) is 14.0. The van der Waals surface area contributed by atoms with Gasteiger partial charge in [-0.05, 0) is 86.4 Å². The SMILES string of the molecule is C[C@@H]1CC[C@]2(C(=O)O)CC[C@]3(C)C(=CC[C@@H]4[C@@]5(C)CC[C@H](O)[C@@](C)(C=O)C5[C@H](O)C[C@]43C)[C@@H]2[C@]1(C)O. The Morgan fingerprint density at radius 2 is 1.69 bits per heavy atom. The molecule has 0 radical (unpaired) electrons. The average Bonchev–Trinajstić information content (AvgIpc) is 2.79. The van der Waals surface area contributed by atoms with Gasteiger partial charge in [-0.3, -0.25) is 4.79 Å². The van der Waals surface area contributed by atoms with E-state index in [-0.39, 0.29) is 34.0 Å². The van der Waals surface area contributed by atoms with Crippen molar-refractivity contribution in [2.45, 2.75) is 111 Å². The van der Waals surface area contributed by atoms with Gasteiger partial charge in [0.05, 0.1) is 28.6 Å². The van der Waals surface area contributed by atoms with E-state index in [9.17, 15) is 30.0 Å². The lowest BCUT2D eigenvalue weighted by Gasteiger charge is -2.72. The van der Waals surface area contributed by atoms with Gasteiger partial charge < -0.3 is 25.2 Å². The van der Waals surface area contributed by atoms with Gasteiger partial charge in [0.1, 0.15) is 6.29 Å². The maximum Gasteiger partial charge on any atom is 0.310 e. The van der Waals surface area contributed by atoms with E-state index < -0.39 is 40.5 Å². The highest BCUT2D eigenvalue weighted by atomic mass is 16.4. The van der Waals surface area contributed by atoms with Crippen molar-refractivity contribution in [3.63, 3.8) is 0 Å². The molecule has 4 N–H and O–H groups in total. The van der Waals surface area contributed by atoms with Gasteiger partial charge >= 0.3 is 5.97 Å². The number of carbonyl (C=O) groups excluding carboxylic acids is 1. The molecular weight excluding hydrogens is 456 g/mol. The number of carbonyl (C=O) groups is 2. The van der Waals surface area contributed by atoms with Crippen LogP contribution in [0.5, 0.6) is 0 Å². The molecule has 0 amide bonds. The maximum atomic E-state index is 12.8. The normalized spacial score (nSPS) is 58.4. The van der Waals surface area contributed by atoms with Crippen LogP contribution in [0, 0.1) is 50.7 Å². The van der Waals surface area contributed by atoms with E-state index >= 15 is 0 Å². The lowest BCUT2D eigenvalue weighted by atomic mass is 9.32. The highest BCUT2D eigenvalue weighted by Crippen LogP contribution is 2.75. The Morgan fingerprint density at radius 3 is 2.31 bits per heavy atom. The fraction of sp³-hybridized carbons (Fsp3) is 0.867. The van der Waals surface area contributed by atoms with E-state index in [4.69, 9.17) is 0 Å². The van der Waals surface area contributed by atoms with E-state index in [1.165, 1.54) is 0 Å². The van der Waals surface area contributed by atoms with Crippen molar-refractivity contribution in [2.75, 3.05) is 0 Å². The molecule has 1 unspecified atom stereocenters. The van der Waals surface area contributed by atoms with Gasteiger partial charge in [0.15, 0.2) is 0 Å². The first-order valence-electron chi connectivity index (χ1n) is 14.0. The topological polar surface area (TPSA) is 115 Å². The van der Waals surface area contributed by atoms with Gasteiger partial charge in [-0.1, -0.05) is 46.3 Å². The van der Waals surface area contributed by atoms with Crippen LogP contribution in [-0.4, -0.2) is 50.5 Å². The molecule has 0 heterocycles. The van der Waals surface area contributed by atoms with Gasteiger partial charge in [0, 0.05) is 11.8 Å². The molecule has 5 rings (SSSR count). The van der Waals surface area contributed by atoms with Crippen LogP contribution in [0.2, 0.25) is 0 Å². The van der Waals surface area contributed by atoms with Crippen molar-refractivity contribution < 1.29 is 30.0 Å². The lowest BCUT2D eigenvalue weighted by molar-refractivity contribution is -0.243. The summed E-state index contributed by atoms with van der Waals surface area (Å²) in [5.41, 5.74) is -3.04. The monoisotopic (exact) mass is 502 g/mol. The van der Waals surface area contributed by atoms with E-state index in [1.54, 1.807) is 0 Å². The Labute approximate surface area is 215 Å². The zero-order chi connectivity index (χ0) is 26.7. The molecule has 0 aliphatic heterocycles. The van der Waals surface area contributed by atoms with E-state index in [2.05, 4.69) is 26.8 Å². The Balaban J connectivity index is 1.67. The van der Waals surface area contributed by atoms with Crippen LogP contribution in [-0.2, 0) is 9.59 Å². The number of hydrogen-bond donors (Lipinski definition) is 4. The van der Waals surface area contributed by atoms with Crippen molar-refractivity contribution in [3.05, 3.63) is 11.6 Å². The van der Waals surface area contributed by atoms with Crippen molar-refractivity contribution in [1.29, 1.82) is 0 Å². The predicted octanol–water partition coefficient (Wildman–Crippen LogP) is 4.35. The van der Waals surface area contributed by atoms with Crippen molar-refractivity contribution in [3.8, 4) is 0 Å². The average molecular weight is 503 g/mol. The summed E-state index contributed by atoms with van der Waals surface area (Å²) < 4.78 is 0. The molecule has 5 aliphatic rings. The maximum absolute atomic E-state index is 12.8. The van der Waals surface area contributed by atoms with E-state index in [0.717, 1.165) is 24.7 Å². The molecule has 0 aromatic rings. The van der Waals surface area contributed by atoms with Gasteiger partial charge in [-0.2, -0.15) is 0 Å². The fourth-order valence-corrected chi connectivity index (χ4v) is 10.9. The number of carboxylic acids is 1. The molecule has 0 saturated heterocycles. The second kappa shape index (κ2) is 7.66. The van der Waals surface area contributed by atoms with Gasteiger partial charge in [-0.25, -0.2) is 0 Å². The smallest absolute Gasteiger partial charge is 0.310 e. The summed E-state index contributed by atoms with van der Waals surface area (Å²) in [6.45, 7) is 12.4. The first kappa shape index (κ1) is 26.4. The minimum absolute atomic E-state index is 0.00395. The third-order valence-electron chi connectivity index (χ3n) is 13.3. The Bertz CT molecular complexity index is 1000. The van der Waals surface area contributed by atoms with Crippen LogP contribution in [0.3, 0.4) is 0 Å². The minimum Gasteiger partial charge on any atom is -0.481 e. The molecule has 0 spiro atoms. The zero-order valence-electron chi connectivity index (χ0n) is 22.9. The largest absolute Gasteiger partial charge is 0.481 e. The zero-order valence-corrected chi connectivity index (χ0v) is 22.9. The highest BCUT2D eigenvalue weighted by Gasteiger charge is 2.73. The molecule has 12 atom stereocenters. The van der Waals surface area contributed by atoms with Crippen LogP contribution in [0.15, 0.2) is 11.6 Å². The summed E-state index contributed by atoms with van der Waals surface area (Å²) in [6, 6.07) is 0. The number of hydrogen-bond acceptors (Lipinski definition) is 5. The molecule has 6 heteroatoms. The predicted molar refractivity (Wildman–Crippen MR) is 136 cm³/mol. The highest BCUT2D eigenvalue weighted by molar-refractivity contribution is 5.77. The summed E-state index contributed by atoms with van der Waals surface area (Å²) >= 11 is 0. The van der Waals surface area contributed by atoms with Crippen LogP contribution in [0.25, 0.3) is 0 Å². The van der Waals surface area contributed by atoms with Gasteiger partial charge in [0.2, 0.25) is 0 Å². The summed E-state index contributed by atoms with van der Waals surface area (Å²) in [5.74, 6) is -1.41. The summed E-state index contributed by atoms with van der Waals surface area (Å²) in [5, 5.41) is 45.0. The van der Waals surface area contributed by atoms with Crippen LogP contribution >= 0.6 is 0 Å². The fourth-order valence-electron chi connectivity index (χ4n) is 10.9. The number of allylic oxidation sites excluding steroid dienone is 1. The number of carboxylic acid groups (broad SMARTS) is 1. The third-order valence-corrected chi connectivity index (χ3v) is 13.3. The summed E-state index contributed by atoms with van der Waals surface area (Å²) in [7, 11) is 0. The standard InChI is InChI=1S/C30H46O6/c1-17-9-12-30(24(34)35)14-13-27(4)18(22(30)29(17,6)36)7-8-20-25(2)11-10-21(33)26(3,16-31)23(25)19(32)15-28(20,27)5/h7,16-17,19-23,32-33,36H,8-15H2,1-6H3,(H,34,35)/t17-,19-,20-,21+,22-,23?,25-,26-,27-,28-,29-,30+/m1/s1. The quantitative estimate of drug-likeness (QED) is 0.330. The first-order chi connectivity index (χ1) is 16.6. The Kier molecular flexibility index (Phi) is 5.61. The summed E-state index contributed by atoms with van der Waals surface area (Å²) in [4.78, 5) is 25.2. The van der Waals surface area contributed by atoms with E-state index in [1.807, 2.05) is 20.8 Å². The van der Waals surface area contributed by atoms with Gasteiger partial charge in [-0.15, -0.1) is 0 Å². The lowest BCUT2D eigenvalue weighted by Crippen LogP contribution is -2.70. The van der Waals surface area contributed by atoms with Crippen LogP contribution in [0.4, 0.5) is 0 Å². The molecule has 0 bridgehead atoms. The molecule has 36 heavy (non-hydrogen) atoms. The number of fused-ring (bicyclic) bond motifs is 7. The molecule has 4 fully saturated rings. The Hall–Kier alpha value is -1.24. The van der Waals surface area contributed by atoms with Crippen LogP contribution in [0.1, 0.15) is 92.9 Å².